The molecule has 122 valence electrons. The van der Waals surface area contributed by atoms with Gasteiger partial charge in [0.25, 0.3) is 5.56 Å². The summed E-state index contributed by atoms with van der Waals surface area (Å²) in [7, 11) is 0. The number of H-pyrrole nitrogens is 1. The Bertz CT molecular complexity index is 697. The van der Waals surface area contributed by atoms with Crippen LogP contribution < -0.4 is 5.56 Å². The van der Waals surface area contributed by atoms with E-state index in [2.05, 4.69) is 15.0 Å². The summed E-state index contributed by atoms with van der Waals surface area (Å²) in [5.74, 6) is 0.0607. The Morgan fingerprint density at radius 2 is 2.39 bits per heavy atom. The van der Waals surface area contributed by atoms with Crippen LogP contribution in [-0.2, 0) is 22.5 Å². The van der Waals surface area contributed by atoms with Crippen LogP contribution in [-0.4, -0.2) is 56.1 Å². The molecule has 1 saturated heterocycles. The molecule has 1 fully saturated rings. The number of aromatic amines is 1. The molecule has 0 aromatic carbocycles. The summed E-state index contributed by atoms with van der Waals surface area (Å²) in [6, 6.07) is 1.49. The van der Waals surface area contributed by atoms with Gasteiger partial charge in [0.1, 0.15) is 6.54 Å². The molecular weight excluding hydrogens is 298 g/mol. The van der Waals surface area contributed by atoms with E-state index < -0.39 is 0 Å². The number of aromatic nitrogens is 4. The van der Waals surface area contributed by atoms with Gasteiger partial charge in [0.15, 0.2) is 0 Å². The highest BCUT2D eigenvalue weighted by Crippen LogP contribution is 2.12. The molecule has 8 nitrogen and oxygen atoms in total. The van der Waals surface area contributed by atoms with Crippen LogP contribution in [0.15, 0.2) is 35.9 Å². The lowest BCUT2D eigenvalue weighted by Crippen LogP contribution is -2.46. The topological polar surface area (TPSA) is 93.1 Å². The minimum Gasteiger partial charge on any atom is -0.375 e. The van der Waals surface area contributed by atoms with Gasteiger partial charge >= 0.3 is 0 Å². The van der Waals surface area contributed by atoms with Gasteiger partial charge in [-0.2, -0.15) is 0 Å². The van der Waals surface area contributed by atoms with Crippen molar-refractivity contribution in [3.63, 3.8) is 0 Å². The summed E-state index contributed by atoms with van der Waals surface area (Å²) < 4.78 is 7.48. The number of hydrogen-bond acceptors (Lipinski definition) is 5. The van der Waals surface area contributed by atoms with Gasteiger partial charge < -0.3 is 19.2 Å². The fourth-order valence-corrected chi connectivity index (χ4v) is 2.61. The molecule has 23 heavy (non-hydrogen) atoms. The number of rotatable bonds is 5. The number of carbonyl (C=O) groups is 1. The van der Waals surface area contributed by atoms with Gasteiger partial charge in [-0.25, -0.2) is 9.97 Å². The van der Waals surface area contributed by atoms with E-state index in [4.69, 9.17) is 4.74 Å². The number of morpholine rings is 1. The minimum absolute atomic E-state index is 0.0309. The van der Waals surface area contributed by atoms with Crippen molar-refractivity contribution >= 4 is 5.91 Å². The molecule has 3 rings (SSSR count). The first-order valence-corrected chi connectivity index (χ1v) is 7.59. The molecule has 0 saturated carbocycles. The number of nitrogens with zero attached hydrogens (tertiary/aromatic N) is 4. The van der Waals surface area contributed by atoms with E-state index in [-0.39, 0.29) is 17.6 Å². The number of ether oxygens (including phenoxy) is 1. The van der Waals surface area contributed by atoms with Crippen LogP contribution in [0.5, 0.6) is 0 Å². The molecule has 0 aliphatic carbocycles. The first-order chi connectivity index (χ1) is 11.2. The zero-order valence-corrected chi connectivity index (χ0v) is 12.7. The molecule has 1 aliphatic heterocycles. The number of nitrogens with one attached hydrogen (secondary N) is 1. The van der Waals surface area contributed by atoms with Crippen molar-refractivity contribution in [1.82, 2.24) is 24.4 Å². The maximum Gasteiger partial charge on any atom is 0.250 e. The van der Waals surface area contributed by atoms with Crippen LogP contribution in [0.4, 0.5) is 0 Å². The lowest BCUT2D eigenvalue weighted by molar-refractivity contribution is -0.139. The third-order valence-corrected chi connectivity index (χ3v) is 3.83. The zero-order valence-electron chi connectivity index (χ0n) is 12.7. The Balaban J connectivity index is 1.51. The standard InChI is InChI=1S/C15H19N5O3/c21-14-7-12(17-10-18-14)1-2-13-8-20(5-6-23-13)15(22)9-19-4-3-16-11-19/h3-4,7,10-11,13H,1-2,5-6,8-9H2,(H,17,18,21). The Morgan fingerprint density at radius 1 is 1.48 bits per heavy atom. The maximum absolute atomic E-state index is 12.3. The molecule has 1 unspecified atom stereocenters. The first kappa shape index (κ1) is 15.4. The molecule has 8 heteroatoms. The third kappa shape index (κ3) is 4.26. The van der Waals surface area contributed by atoms with E-state index in [1.165, 1.54) is 12.4 Å². The highest BCUT2D eigenvalue weighted by Gasteiger charge is 2.24. The van der Waals surface area contributed by atoms with Crippen LogP contribution in [0, 0.1) is 0 Å². The van der Waals surface area contributed by atoms with Gasteiger partial charge in [-0.15, -0.1) is 0 Å². The second kappa shape index (κ2) is 7.19. The molecule has 0 spiro atoms. The average molecular weight is 317 g/mol. The van der Waals surface area contributed by atoms with E-state index >= 15 is 0 Å². The third-order valence-electron chi connectivity index (χ3n) is 3.83. The van der Waals surface area contributed by atoms with Gasteiger partial charge in [-0.3, -0.25) is 9.59 Å². The Labute approximate surface area is 133 Å². The molecule has 1 atom stereocenters. The molecule has 0 radical (unpaired) electrons. The fraction of sp³-hybridized carbons (Fsp3) is 0.467. The van der Waals surface area contributed by atoms with Gasteiger partial charge in [-0.05, 0) is 12.8 Å². The van der Waals surface area contributed by atoms with Gasteiger partial charge in [-0.1, -0.05) is 0 Å². The largest absolute Gasteiger partial charge is 0.375 e. The van der Waals surface area contributed by atoms with Crippen LogP contribution in [0.2, 0.25) is 0 Å². The summed E-state index contributed by atoms with van der Waals surface area (Å²) in [4.78, 5) is 35.9. The van der Waals surface area contributed by atoms with Gasteiger partial charge in [0, 0.05) is 37.2 Å². The van der Waals surface area contributed by atoms with E-state index in [1.54, 1.807) is 23.3 Å². The van der Waals surface area contributed by atoms with Crippen molar-refractivity contribution in [3.8, 4) is 0 Å². The van der Waals surface area contributed by atoms with Crippen LogP contribution in [0.1, 0.15) is 12.1 Å². The number of imidazole rings is 1. The van der Waals surface area contributed by atoms with Crippen molar-refractivity contribution in [2.45, 2.75) is 25.5 Å². The highest BCUT2D eigenvalue weighted by molar-refractivity contribution is 5.76. The molecular formula is C15H19N5O3. The first-order valence-electron chi connectivity index (χ1n) is 7.59. The van der Waals surface area contributed by atoms with Crippen molar-refractivity contribution in [3.05, 3.63) is 47.2 Å². The SMILES string of the molecule is O=C(Cn1ccnc1)N1CCOC(CCc2cc(=O)[nH]cn2)C1. The van der Waals surface area contributed by atoms with Crippen molar-refractivity contribution in [2.75, 3.05) is 19.7 Å². The molecule has 2 aromatic heterocycles. The van der Waals surface area contributed by atoms with Crippen LogP contribution in [0.25, 0.3) is 0 Å². The van der Waals surface area contributed by atoms with E-state index in [0.717, 1.165) is 12.1 Å². The van der Waals surface area contributed by atoms with E-state index in [1.807, 2.05) is 4.90 Å². The number of carbonyl (C=O) groups excluding carboxylic acids is 1. The quantitative estimate of drug-likeness (QED) is 0.826. The van der Waals surface area contributed by atoms with Crippen molar-refractivity contribution < 1.29 is 9.53 Å². The minimum atomic E-state index is -0.156. The average Bonchev–Trinajstić information content (AvgIpc) is 3.06. The summed E-state index contributed by atoms with van der Waals surface area (Å²) in [6.07, 6.45) is 7.81. The van der Waals surface area contributed by atoms with Crippen LogP contribution >= 0.6 is 0 Å². The smallest absolute Gasteiger partial charge is 0.250 e. The lowest BCUT2D eigenvalue weighted by Gasteiger charge is -2.33. The number of aryl methyl sites for hydroxylation is 1. The molecule has 0 bridgehead atoms. The molecule has 3 heterocycles. The Kier molecular flexibility index (Phi) is 4.82. The Hall–Kier alpha value is -2.48. The normalized spacial score (nSPS) is 18.1. The molecule has 1 aliphatic rings. The predicted molar refractivity (Wildman–Crippen MR) is 81.7 cm³/mol. The second-order valence-electron chi connectivity index (χ2n) is 5.51. The maximum atomic E-state index is 12.3. The summed E-state index contributed by atoms with van der Waals surface area (Å²) in [5.41, 5.74) is 0.580. The summed E-state index contributed by atoms with van der Waals surface area (Å²) >= 11 is 0. The highest BCUT2D eigenvalue weighted by atomic mass is 16.5. The predicted octanol–water partition coefficient (Wildman–Crippen LogP) is -0.173. The Morgan fingerprint density at radius 3 is 3.17 bits per heavy atom. The second-order valence-corrected chi connectivity index (χ2v) is 5.51. The summed E-state index contributed by atoms with van der Waals surface area (Å²) in [6.45, 7) is 2.00. The van der Waals surface area contributed by atoms with Gasteiger partial charge in [0.05, 0.1) is 25.4 Å². The summed E-state index contributed by atoms with van der Waals surface area (Å²) in [5, 5.41) is 0. The fourth-order valence-electron chi connectivity index (χ4n) is 2.61. The van der Waals surface area contributed by atoms with Crippen molar-refractivity contribution in [1.29, 1.82) is 0 Å². The van der Waals surface area contributed by atoms with Crippen LogP contribution in [0.3, 0.4) is 0 Å². The van der Waals surface area contributed by atoms with E-state index in [0.29, 0.717) is 32.7 Å². The molecule has 2 aromatic rings. The molecule has 1 amide bonds. The zero-order chi connectivity index (χ0) is 16.1. The monoisotopic (exact) mass is 317 g/mol. The van der Waals surface area contributed by atoms with Crippen molar-refractivity contribution in [2.24, 2.45) is 0 Å². The number of hydrogen-bond donors (Lipinski definition) is 1. The van der Waals surface area contributed by atoms with E-state index in [9.17, 15) is 9.59 Å². The molecule has 1 N–H and O–H groups in total. The lowest BCUT2D eigenvalue weighted by atomic mass is 10.1. The van der Waals surface area contributed by atoms with Gasteiger partial charge in [0.2, 0.25) is 5.91 Å². The number of amides is 1.